The molecule has 3 rings (SSSR count). The molecule has 1 saturated heterocycles. The third-order valence-electron chi connectivity index (χ3n) is 3.89. The number of nitrogens with one attached hydrogen (secondary N) is 1. The Morgan fingerprint density at radius 2 is 2.19 bits per heavy atom. The van der Waals surface area contributed by atoms with Crippen LogP contribution in [-0.4, -0.2) is 23.8 Å². The van der Waals surface area contributed by atoms with E-state index in [0.717, 1.165) is 30.1 Å². The summed E-state index contributed by atoms with van der Waals surface area (Å²) < 4.78 is 10.8. The third kappa shape index (κ3) is 3.42. The molecule has 1 N–H and O–H groups in total. The highest BCUT2D eigenvalue weighted by molar-refractivity contribution is 5.34. The smallest absolute Gasteiger partial charge is 0.231 e. The number of hydrogen-bond acceptors (Lipinski definition) is 5. The monoisotopic (exact) mass is 287 g/mol. The van der Waals surface area contributed by atoms with Crippen LogP contribution in [0, 0.1) is 0 Å². The van der Waals surface area contributed by atoms with Crippen LogP contribution in [0.4, 0.5) is 0 Å². The van der Waals surface area contributed by atoms with Crippen LogP contribution >= 0.6 is 0 Å². The van der Waals surface area contributed by atoms with Gasteiger partial charge in [0.1, 0.15) is 5.75 Å². The first-order chi connectivity index (χ1) is 10.4. The molecule has 0 amide bonds. The molecule has 0 saturated carbocycles. The molecule has 0 aliphatic carbocycles. The van der Waals surface area contributed by atoms with Gasteiger partial charge in [-0.15, -0.1) is 0 Å². The van der Waals surface area contributed by atoms with Gasteiger partial charge < -0.3 is 14.6 Å². The summed E-state index contributed by atoms with van der Waals surface area (Å²) in [6.45, 7) is 1.03. The van der Waals surface area contributed by atoms with E-state index in [4.69, 9.17) is 9.26 Å². The average Bonchev–Trinajstić information content (AvgIpc) is 2.81. The van der Waals surface area contributed by atoms with E-state index in [2.05, 4.69) is 15.5 Å². The summed E-state index contributed by atoms with van der Waals surface area (Å²) in [5, 5.41) is 7.63. The van der Waals surface area contributed by atoms with Gasteiger partial charge in [0.15, 0.2) is 5.82 Å². The number of nitrogens with zero attached hydrogens (tertiary/aromatic N) is 2. The molecule has 1 atom stereocenters. The minimum Gasteiger partial charge on any atom is -0.496 e. The van der Waals surface area contributed by atoms with Crippen LogP contribution < -0.4 is 10.1 Å². The number of hydrogen-bond donors (Lipinski definition) is 1. The molecular weight excluding hydrogens is 266 g/mol. The number of para-hydroxylation sites is 1. The molecule has 112 valence electrons. The van der Waals surface area contributed by atoms with Crippen molar-refractivity contribution >= 4 is 0 Å². The van der Waals surface area contributed by atoms with Crippen molar-refractivity contribution in [2.45, 2.75) is 38.1 Å². The summed E-state index contributed by atoms with van der Waals surface area (Å²) in [6, 6.07) is 8.13. The van der Waals surface area contributed by atoms with Gasteiger partial charge in [-0.25, -0.2) is 0 Å². The predicted octanol–water partition coefficient (Wildman–Crippen LogP) is 2.87. The summed E-state index contributed by atoms with van der Waals surface area (Å²) in [7, 11) is 1.67. The first-order valence-electron chi connectivity index (χ1n) is 7.54. The Hall–Kier alpha value is -1.88. The lowest BCUT2D eigenvalue weighted by Gasteiger charge is -2.10. The first-order valence-corrected chi connectivity index (χ1v) is 7.54. The van der Waals surface area contributed by atoms with Crippen molar-refractivity contribution in [1.29, 1.82) is 0 Å². The molecule has 0 bridgehead atoms. The standard InChI is InChI=1S/C16H21N3O2/c1-20-14-9-5-4-7-12(14)11-15-18-16(19-21-15)13-8-3-2-6-10-17-13/h4-5,7,9,13,17H,2-3,6,8,10-11H2,1H3. The third-order valence-corrected chi connectivity index (χ3v) is 3.89. The molecule has 5 nitrogen and oxygen atoms in total. The van der Waals surface area contributed by atoms with Crippen LogP contribution in [0.15, 0.2) is 28.8 Å². The number of rotatable bonds is 4. The van der Waals surface area contributed by atoms with Crippen molar-refractivity contribution in [3.63, 3.8) is 0 Å². The summed E-state index contributed by atoms with van der Waals surface area (Å²) >= 11 is 0. The van der Waals surface area contributed by atoms with Crippen LogP contribution in [0.3, 0.4) is 0 Å². The summed E-state index contributed by atoms with van der Waals surface area (Å²) in [4.78, 5) is 4.55. The van der Waals surface area contributed by atoms with Crippen LogP contribution in [0.2, 0.25) is 0 Å². The Morgan fingerprint density at radius 3 is 3.10 bits per heavy atom. The van der Waals surface area contributed by atoms with Crippen molar-refractivity contribution in [3.8, 4) is 5.75 Å². The van der Waals surface area contributed by atoms with E-state index in [1.165, 1.54) is 19.3 Å². The molecule has 1 aromatic heterocycles. The van der Waals surface area contributed by atoms with Gasteiger partial charge >= 0.3 is 0 Å². The predicted molar refractivity (Wildman–Crippen MR) is 79.3 cm³/mol. The first kappa shape index (κ1) is 14.1. The fraction of sp³-hybridized carbons (Fsp3) is 0.500. The van der Waals surface area contributed by atoms with Gasteiger partial charge in [0, 0.05) is 5.56 Å². The van der Waals surface area contributed by atoms with E-state index >= 15 is 0 Å². The highest BCUT2D eigenvalue weighted by atomic mass is 16.5. The van der Waals surface area contributed by atoms with Gasteiger partial charge in [0.2, 0.25) is 5.89 Å². The Balaban J connectivity index is 1.72. The number of methoxy groups -OCH3 is 1. The second kappa shape index (κ2) is 6.72. The molecule has 1 aliphatic rings. The lowest BCUT2D eigenvalue weighted by atomic mass is 10.1. The van der Waals surface area contributed by atoms with Crippen LogP contribution in [0.5, 0.6) is 5.75 Å². The Bertz CT molecular complexity index is 574. The lowest BCUT2D eigenvalue weighted by Crippen LogP contribution is -2.21. The molecular formula is C16H21N3O2. The number of benzene rings is 1. The molecule has 1 aromatic carbocycles. The van der Waals surface area contributed by atoms with E-state index in [1.807, 2.05) is 24.3 Å². The largest absolute Gasteiger partial charge is 0.496 e. The maximum atomic E-state index is 5.41. The zero-order chi connectivity index (χ0) is 14.5. The van der Waals surface area contributed by atoms with E-state index in [-0.39, 0.29) is 6.04 Å². The number of ether oxygens (including phenoxy) is 1. The van der Waals surface area contributed by atoms with Gasteiger partial charge in [-0.05, 0) is 25.5 Å². The van der Waals surface area contributed by atoms with Gasteiger partial charge in [-0.3, -0.25) is 0 Å². The summed E-state index contributed by atoms with van der Waals surface area (Å²) in [5.41, 5.74) is 1.06. The average molecular weight is 287 g/mol. The SMILES string of the molecule is COc1ccccc1Cc1nc(C2CCCCCN2)no1. The second-order valence-electron chi connectivity index (χ2n) is 5.39. The van der Waals surface area contributed by atoms with Crippen molar-refractivity contribution < 1.29 is 9.26 Å². The Kier molecular flexibility index (Phi) is 4.50. The second-order valence-corrected chi connectivity index (χ2v) is 5.39. The topological polar surface area (TPSA) is 60.2 Å². The van der Waals surface area contributed by atoms with Crippen LogP contribution in [0.25, 0.3) is 0 Å². The lowest BCUT2D eigenvalue weighted by molar-refractivity contribution is 0.365. The fourth-order valence-corrected chi connectivity index (χ4v) is 2.74. The van der Waals surface area contributed by atoms with Crippen molar-refractivity contribution in [2.24, 2.45) is 0 Å². The van der Waals surface area contributed by atoms with Crippen LogP contribution in [-0.2, 0) is 6.42 Å². The molecule has 1 aliphatic heterocycles. The van der Waals surface area contributed by atoms with E-state index in [1.54, 1.807) is 7.11 Å². The molecule has 2 aromatic rings. The normalized spacial score (nSPS) is 19.2. The van der Waals surface area contributed by atoms with Gasteiger partial charge in [0.25, 0.3) is 0 Å². The van der Waals surface area contributed by atoms with Gasteiger partial charge in [0.05, 0.1) is 19.6 Å². The molecule has 1 fully saturated rings. The number of aromatic nitrogens is 2. The van der Waals surface area contributed by atoms with Crippen molar-refractivity contribution in [3.05, 3.63) is 41.5 Å². The molecule has 5 heteroatoms. The molecule has 2 heterocycles. The van der Waals surface area contributed by atoms with Gasteiger partial charge in [-0.1, -0.05) is 36.2 Å². The van der Waals surface area contributed by atoms with Crippen molar-refractivity contribution in [1.82, 2.24) is 15.5 Å². The van der Waals surface area contributed by atoms with Gasteiger partial charge in [-0.2, -0.15) is 4.98 Å². The van der Waals surface area contributed by atoms with E-state index < -0.39 is 0 Å². The Labute approximate surface area is 124 Å². The zero-order valence-corrected chi connectivity index (χ0v) is 12.3. The molecule has 0 spiro atoms. The fourth-order valence-electron chi connectivity index (χ4n) is 2.74. The van der Waals surface area contributed by atoms with Crippen LogP contribution in [0.1, 0.15) is 49.0 Å². The minimum absolute atomic E-state index is 0.225. The van der Waals surface area contributed by atoms with Crippen molar-refractivity contribution in [2.75, 3.05) is 13.7 Å². The Morgan fingerprint density at radius 1 is 1.29 bits per heavy atom. The minimum atomic E-state index is 0.225. The molecule has 1 unspecified atom stereocenters. The highest BCUT2D eigenvalue weighted by Crippen LogP contribution is 2.23. The molecule has 21 heavy (non-hydrogen) atoms. The summed E-state index contributed by atoms with van der Waals surface area (Å²) in [6.07, 6.45) is 5.39. The zero-order valence-electron chi connectivity index (χ0n) is 12.3. The van der Waals surface area contributed by atoms with E-state index in [9.17, 15) is 0 Å². The van der Waals surface area contributed by atoms with E-state index in [0.29, 0.717) is 12.3 Å². The highest BCUT2D eigenvalue weighted by Gasteiger charge is 2.19. The maximum Gasteiger partial charge on any atom is 0.231 e. The summed E-state index contributed by atoms with van der Waals surface area (Å²) in [5.74, 6) is 2.27. The molecule has 0 radical (unpaired) electrons. The maximum absolute atomic E-state index is 5.41. The quantitative estimate of drug-likeness (QED) is 0.937.